The molecule has 3 N–H and O–H groups in total. The number of carboxylic acid groups (broad SMARTS) is 3. The maximum absolute atomic E-state index is 10.6. The van der Waals surface area contributed by atoms with Crippen LogP contribution in [-0.2, 0) is 14.4 Å². The normalized spacial score (nSPS) is 25.6. The van der Waals surface area contributed by atoms with Gasteiger partial charge in [0.2, 0.25) is 0 Å². The van der Waals surface area contributed by atoms with Gasteiger partial charge < -0.3 is 15.3 Å². The first-order valence-electron chi connectivity index (χ1n) is 3.84. The van der Waals surface area contributed by atoms with Crippen molar-refractivity contribution in [2.45, 2.75) is 6.42 Å². The predicted molar refractivity (Wildman–Crippen MR) is 42.6 cm³/mol. The van der Waals surface area contributed by atoms with E-state index in [1.54, 1.807) is 0 Å². The first-order valence-corrected chi connectivity index (χ1v) is 3.84. The van der Waals surface area contributed by atoms with Gasteiger partial charge in [0.05, 0.1) is 11.8 Å². The SMILES string of the molecule is O=C(O)C1=CC(C(=O)O)CC1C(=O)O. The highest BCUT2D eigenvalue weighted by molar-refractivity contribution is 5.96. The molecule has 76 valence electrons. The van der Waals surface area contributed by atoms with Crippen molar-refractivity contribution in [3.05, 3.63) is 11.6 Å². The standard InChI is InChI=1S/C8H8O6/c9-6(10)3-1-4(7(11)12)5(2-3)8(13)14/h1,3,5H,2H2,(H,9,10)(H,11,12)(H,13,14). The molecule has 6 nitrogen and oxygen atoms in total. The Morgan fingerprint density at radius 1 is 1.14 bits per heavy atom. The van der Waals surface area contributed by atoms with Gasteiger partial charge in [0, 0.05) is 5.57 Å². The summed E-state index contributed by atoms with van der Waals surface area (Å²) in [5, 5.41) is 25.8. The smallest absolute Gasteiger partial charge is 0.332 e. The van der Waals surface area contributed by atoms with Crippen molar-refractivity contribution in [3.63, 3.8) is 0 Å². The molecule has 14 heavy (non-hydrogen) atoms. The lowest BCUT2D eigenvalue weighted by atomic mass is 10.00. The summed E-state index contributed by atoms with van der Waals surface area (Å²) in [6, 6.07) is 0. The molecular formula is C8H8O6. The summed E-state index contributed by atoms with van der Waals surface area (Å²) in [6.07, 6.45) is 0.801. The second kappa shape index (κ2) is 3.49. The van der Waals surface area contributed by atoms with Crippen LogP contribution in [0.15, 0.2) is 11.6 Å². The number of carboxylic acids is 3. The van der Waals surface area contributed by atoms with Crippen LogP contribution in [0.2, 0.25) is 0 Å². The Labute approximate surface area is 78.5 Å². The topological polar surface area (TPSA) is 112 Å². The van der Waals surface area contributed by atoms with Gasteiger partial charge in [-0.05, 0) is 6.42 Å². The number of rotatable bonds is 3. The third-order valence-corrected chi connectivity index (χ3v) is 2.11. The number of hydrogen-bond donors (Lipinski definition) is 3. The Morgan fingerprint density at radius 2 is 1.71 bits per heavy atom. The third-order valence-electron chi connectivity index (χ3n) is 2.11. The quantitative estimate of drug-likeness (QED) is 0.581. The van der Waals surface area contributed by atoms with Crippen molar-refractivity contribution in [3.8, 4) is 0 Å². The van der Waals surface area contributed by atoms with Crippen molar-refractivity contribution in [1.29, 1.82) is 0 Å². The van der Waals surface area contributed by atoms with Gasteiger partial charge in [0.15, 0.2) is 0 Å². The van der Waals surface area contributed by atoms with Crippen LogP contribution in [0.3, 0.4) is 0 Å². The van der Waals surface area contributed by atoms with E-state index in [9.17, 15) is 14.4 Å². The van der Waals surface area contributed by atoms with Crippen LogP contribution in [0.4, 0.5) is 0 Å². The molecule has 0 aliphatic heterocycles. The first-order chi connectivity index (χ1) is 6.43. The Kier molecular flexibility index (Phi) is 2.55. The van der Waals surface area contributed by atoms with E-state index < -0.39 is 29.7 Å². The molecule has 0 saturated carbocycles. The van der Waals surface area contributed by atoms with E-state index >= 15 is 0 Å². The zero-order valence-corrected chi connectivity index (χ0v) is 7.01. The van der Waals surface area contributed by atoms with Gasteiger partial charge in [-0.1, -0.05) is 6.08 Å². The summed E-state index contributed by atoms with van der Waals surface area (Å²) in [4.78, 5) is 31.7. The lowest BCUT2D eigenvalue weighted by Gasteiger charge is -2.05. The van der Waals surface area contributed by atoms with E-state index in [1.165, 1.54) is 0 Å². The van der Waals surface area contributed by atoms with Crippen molar-refractivity contribution >= 4 is 17.9 Å². The van der Waals surface area contributed by atoms with Crippen LogP contribution >= 0.6 is 0 Å². The Bertz CT molecular complexity index is 329. The second-order valence-electron chi connectivity index (χ2n) is 3.00. The molecule has 1 aliphatic rings. The first kappa shape index (κ1) is 10.2. The lowest BCUT2D eigenvalue weighted by Crippen LogP contribution is -2.19. The summed E-state index contributed by atoms with van der Waals surface area (Å²) in [5.74, 6) is -6.10. The molecule has 0 heterocycles. The average Bonchev–Trinajstić information content (AvgIpc) is 2.47. The van der Waals surface area contributed by atoms with Crippen molar-refractivity contribution < 1.29 is 29.7 Å². The molecule has 0 aromatic heterocycles. The second-order valence-corrected chi connectivity index (χ2v) is 3.00. The van der Waals surface area contributed by atoms with Crippen LogP contribution in [0.1, 0.15) is 6.42 Å². The highest BCUT2D eigenvalue weighted by atomic mass is 16.4. The van der Waals surface area contributed by atoms with Crippen molar-refractivity contribution in [2.75, 3.05) is 0 Å². The molecule has 6 heteroatoms. The van der Waals surface area contributed by atoms with Gasteiger partial charge in [-0.2, -0.15) is 0 Å². The van der Waals surface area contributed by atoms with Gasteiger partial charge in [0.25, 0.3) is 0 Å². The minimum absolute atomic E-state index is 0.188. The highest BCUT2D eigenvalue weighted by Gasteiger charge is 2.38. The lowest BCUT2D eigenvalue weighted by molar-refractivity contribution is -0.144. The fourth-order valence-corrected chi connectivity index (χ4v) is 1.41. The largest absolute Gasteiger partial charge is 0.481 e. The molecule has 1 rings (SSSR count). The van der Waals surface area contributed by atoms with Crippen LogP contribution in [0.25, 0.3) is 0 Å². The fraction of sp³-hybridized carbons (Fsp3) is 0.375. The molecule has 0 spiro atoms. The highest BCUT2D eigenvalue weighted by Crippen LogP contribution is 2.30. The average molecular weight is 200 g/mol. The summed E-state index contributed by atoms with van der Waals surface area (Å²) >= 11 is 0. The van der Waals surface area contributed by atoms with Crippen LogP contribution in [-0.4, -0.2) is 33.2 Å². The fourth-order valence-electron chi connectivity index (χ4n) is 1.41. The molecule has 0 aromatic rings. The van der Waals surface area contributed by atoms with Gasteiger partial charge in [-0.25, -0.2) is 4.79 Å². The monoisotopic (exact) mass is 200 g/mol. The number of hydrogen-bond acceptors (Lipinski definition) is 3. The van der Waals surface area contributed by atoms with E-state index in [1.807, 2.05) is 0 Å². The van der Waals surface area contributed by atoms with E-state index in [4.69, 9.17) is 15.3 Å². The summed E-state index contributed by atoms with van der Waals surface area (Å²) < 4.78 is 0. The zero-order chi connectivity index (χ0) is 10.9. The summed E-state index contributed by atoms with van der Waals surface area (Å²) in [6.45, 7) is 0. The molecule has 2 unspecified atom stereocenters. The molecule has 2 atom stereocenters. The number of aliphatic carboxylic acids is 3. The molecule has 0 saturated heterocycles. The van der Waals surface area contributed by atoms with E-state index in [-0.39, 0.29) is 12.0 Å². The van der Waals surface area contributed by atoms with Crippen molar-refractivity contribution in [2.24, 2.45) is 11.8 Å². The molecule has 0 fully saturated rings. The minimum Gasteiger partial charge on any atom is -0.481 e. The molecular weight excluding hydrogens is 192 g/mol. The predicted octanol–water partition coefficient (Wildman–Crippen LogP) is -0.197. The van der Waals surface area contributed by atoms with Gasteiger partial charge in [-0.15, -0.1) is 0 Å². The Hall–Kier alpha value is -1.85. The summed E-state index contributed by atoms with van der Waals surface area (Å²) in [5.41, 5.74) is -0.343. The van der Waals surface area contributed by atoms with E-state index in [0.717, 1.165) is 6.08 Å². The Balaban J connectivity index is 2.95. The maximum atomic E-state index is 10.6. The maximum Gasteiger partial charge on any atom is 0.332 e. The molecule has 0 radical (unpaired) electrons. The molecule has 0 aromatic carbocycles. The molecule has 1 aliphatic carbocycles. The third kappa shape index (κ3) is 1.73. The Morgan fingerprint density at radius 3 is 2.00 bits per heavy atom. The zero-order valence-electron chi connectivity index (χ0n) is 7.01. The number of carbonyl (C=O) groups is 3. The molecule has 0 amide bonds. The van der Waals surface area contributed by atoms with E-state index in [2.05, 4.69) is 0 Å². The van der Waals surface area contributed by atoms with E-state index in [0.29, 0.717) is 0 Å². The van der Waals surface area contributed by atoms with Crippen LogP contribution in [0, 0.1) is 11.8 Å². The van der Waals surface area contributed by atoms with Gasteiger partial charge >= 0.3 is 17.9 Å². The minimum atomic E-state index is -1.37. The molecule has 0 bridgehead atoms. The van der Waals surface area contributed by atoms with Crippen LogP contribution < -0.4 is 0 Å². The summed E-state index contributed by atoms with van der Waals surface area (Å²) in [7, 11) is 0. The van der Waals surface area contributed by atoms with Gasteiger partial charge in [0.1, 0.15) is 0 Å². The van der Waals surface area contributed by atoms with Crippen LogP contribution in [0.5, 0.6) is 0 Å². The van der Waals surface area contributed by atoms with Gasteiger partial charge in [-0.3, -0.25) is 9.59 Å². The van der Waals surface area contributed by atoms with Crippen molar-refractivity contribution in [1.82, 2.24) is 0 Å².